The summed E-state index contributed by atoms with van der Waals surface area (Å²) in [6, 6.07) is 8.61. The lowest BCUT2D eigenvalue weighted by Crippen LogP contribution is -2.29. The molecule has 0 aromatic carbocycles. The number of carbonyl (C=O) groups excluding carboxylic acids is 1. The Morgan fingerprint density at radius 3 is 2.72 bits per heavy atom. The molecular formula is C13H11N3OS. The van der Waals surface area contributed by atoms with E-state index in [1.807, 2.05) is 11.4 Å². The molecule has 0 fully saturated rings. The quantitative estimate of drug-likeness (QED) is 0.848. The molecule has 1 unspecified atom stereocenters. The second-order valence-electron chi connectivity index (χ2n) is 3.71. The van der Waals surface area contributed by atoms with Gasteiger partial charge in [0.1, 0.15) is 6.04 Å². The maximum absolute atomic E-state index is 12.1. The van der Waals surface area contributed by atoms with E-state index >= 15 is 0 Å². The van der Waals surface area contributed by atoms with Crippen molar-refractivity contribution >= 4 is 17.2 Å². The lowest BCUT2D eigenvalue weighted by Gasteiger charge is -2.22. The van der Waals surface area contributed by atoms with Gasteiger partial charge in [-0.3, -0.25) is 9.78 Å². The van der Waals surface area contributed by atoms with Gasteiger partial charge < -0.3 is 4.90 Å². The molecule has 0 aliphatic carbocycles. The highest BCUT2D eigenvalue weighted by atomic mass is 32.1. The van der Waals surface area contributed by atoms with Crippen LogP contribution in [0.15, 0.2) is 42.0 Å². The number of nitriles is 1. The van der Waals surface area contributed by atoms with Crippen LogP contribution in [0.25, 0.3) is 0 Å². The van der Waals surface area contributed by atoms with Crippen molar-refractivity contribution in [2.75, 3.05) is 7.05 Å². The molecule has 0 spiro atoms. The molecule has 18 heavy (non-hydrogen) atoms. The van der Waals surface area contributed by atoms with Crippen LogP contribution in [0.4, 0.5) is 0 Å². The molecule has 90 valence electrons. The van der Waals surface area contributed by atoms with E-state index in [0.29, 0.717) is 4.88 Å². The first-order valence-corrected chi connectivity index (χ1v) is 6.22. The van der Waals surface area contributed by atoms with Gasteiger partial charge >= 0.3 is 0 Å². The molecule has 0 radical (unpaired) electrons. The summed E-state index contributed by atoms with van der Waals surface area (Å²) in [4.78, 5) is 18.1. The Bertz CT molecular complexity index is 560. The van der Waals surface area contributed by atoms with Crippen molar-refractivity contribution in [1.29, 1.82) is 5.26 Å². The van der Waals surface area contributed by atoms with Gasteiger partial charge in [0.25, 0.3) is 5.91 Å². The average Bonchev–Trinajstić information content (AvgIpc) is 2.94. The van der Waals surface area contributed by atoms with Crippen molar-refractivity contribution in [3.63, 3.8) is 0 Å². The van der Waals surface area contributed by atoms with Gasteiger partial charge in [-0.2, -0.15) is 5.26 Å². The maximum atomic E-state index is 12.1. The summed E-state index contributed by atoms with van der Waals surface area (Å²) in [5.41, 5.74) is 0.764. The van der Waals surface area contributed by atoms with Gasteiger partial charge in [0.05, 0.1) is 10.9 Å². The normalized spacial score (nSPS) is 11.6. The van der Waals surface area contributed by atoms with Crippen molar-refractivity contribution in [1.82, 2.24) is 9.88 Å². The number of hydrogen-bond acceptors (Lipinski definition) is 4. The van der Waals surface area contributed by atoms with Gasteiger partial charge in [0.2, 0.25) is 0 Å². The van der Waals surface area contributed by atoms with Crippen LogP contribution in [-0.2, 0) is 0 Å². The molecule has 0 aliphatic heterocycles. The SMILES string of the molecule is CN(C(=O)c1cccs1)C(C#N)c1ccncc1. The number of carbonyl (C=O) groups is 1. The number of aromatic nitrogens is 1. The lowest BCUT2D eigenvalue weighted by atomic mass is 10.1. The van der Waals surface area contributed by atoms with Crippen molar-refractivity contribution in [2.24, 2.45) is 0 Å². The van der Waals surface area contributed by atoms with Gasteiger partial charge in [-0.05, 0) is 29.1 Å². The third kappa shape index (κ3) is 2.39. The van der Waals surface area contributed by atoms with Gasteiger partial charge in [0, 0.05) is 19.4 Å². The number of pyridine rings is 1. The van der Waals surface area contributed by atoms with Crippen LogP contribution in [-0.4, -0.2) is 22.8 Å². The number of thiophene rings is 1. The molecule has 0 saturated heterocycles. The monoisotopic (exact) mass is 257 g/mol. The molecule has 0 N–H and O–H groups in total. The van der Waals surface area contributed by atoms with E-state index in [9.17, 15) is 10.1 Å². The fourth-order valence-electron chi connectivity index (χ4n) is 1.62. The van der Waals surface area contributed by atoms with Crippen LogP contribution >= 0.6 is 11.3 Å². The predicted molar refractivity (Wildman–Crippen MR) is 69.0 cm³/mol. The van der Waals surface area contributed by atoms with E-state index in [1.165, 1.54) is 16.2 Å². The number of amides is 1. The predicted octanol–water partition coefficient (Wildman–Crippen LogP) is 2.48. The van der Waals surface area contributed by atoms with E-state index in [0.717, 1.165) is 5.56 Å². The van der Waals surface area contributed by atoms with E-state index in [4.69, 9.17) is 0 Å². The smallest absolute Gasteiger partial charge is 0.264 e. The summed E-state index contributed by atoms with van der Waals surface area (Å²) in [6.45, 7) is 0. The van der Waals surface area contributed by atoms with Crippen LogP contribution in [0.5, 0.6) is 0 Å². The number of nitrogens with zero attached hydrogens (tertiary/aromatic N) is 3. The standard InChI is InChI=1S/C13H11N3OS/c1-16(13(17)12-3-2-8-18-12)11(9-14)10-4-6-15-7-5-10/h2-8,11H,1H3. The van der Waals surface area contributed by atoms with Crippen LogP contribution in [0, 0.1) is 11.3 Å². The van der Waals surface area contributed by atoms with Crippen molar-refractivity contribution in [3.8, 4) is 6.07 Å². The van der Waals surface area contributed by atoms with Crippen molar-refractivity contribution < 1.29 is 4.79 Å². The van der Waals surface area contributed by atoms with Crippen molar-refractivity contribution in [3.05, 3.63) is 52.5 Å². The van der Waals surface area contributed by atoms with E-state index in [2.05, 4.69) is 11.1 Å². The molecule has 2 rings (SSSR count). The summed E-state index contributed by atoms with van der Waals surface area (Å²) in [6.07, 6.45) is 3.23. The Morgan fingerprint density at radius 2 is 2.17 bits per heavy atom. The van der Waals surface area contributed by atoms with E-state index < -0.39 is 6.04 Å². The second-order valence-corrected chi connectivity index (χ2v) is 4.65. The second kappa shape index (κ2) is 5.43. The van der Waals surface area contributed by atoms with Crippen molar-refractivity contribution in [2.45, 2.75) is 6.04 Å². The maximum Gasteiger partial charge on any atom is 0.264 e. The summed E-state index contributed by atoms with van der Waals surface area (Å²) in [5, 5.41) is 11.1. The Labute approximate surface area is 109 Å². The molecule has 0 aliphatic rings. The molecule has 1 atom stereocenters. The molecule has 0 bridgehead atoms. The highest BCUT2D eigenvalue weighted by molar-refractivity contribution is 7.12. The first kappa shape index (κ1) is 12.3. The summed E-state index contributed by atoms with van der Waals surface area (Å²) >= 11 is 1.37. The minimum atomic E-state index is -0.595. The molecule has 0 saturated carbocycles. The van der Waals surface area contributed by atoms with Crippen LogP contribution in [0.3, 0.4) is 0 Å². The third-order valence-electron chi connectivity index (χ3n) is 2.58. The lowest BCUT2D eigenvalue weighted by molar-refractivity contribution is 0.0768. The van der Waals surface area contributed by atoms with Gasteiger partial charge in [-0.1, -0.05) is 6.07 Å². The minimum absolute atomic E-state index is 0.145. The summed E-state index contributed by atoms with van der Waals surface area (Å²) in [5.74, 6) is -0.145. The van der Waals surface area contributed by atoms with Crippen LogP contribution < -0.4 is 0 Å². The molecule has 2 aromatic heterocycles. The Hall–Kier alpha value is -2.19. The number of hydrogen-bond donors (Lipinski definition) is 0. The first-order chi connectivity index (χ1) is 8.74. The molecule has 1 amide bonds. The van der Waals surface area contributed by atoms with Crippen LogP contribution in [0.1, 0.15) is 21.3 Å². The average molecular weight is 257 g/mol. The zero-order valence-electron chi connectivity index (χ0n) is 9.78. The van der Waals surface area contributed by atoms with Gasteiger partial charge in [-0.15, -0.1) is 11.3 Å². The highest BCUT2D eigenvalue weighted by Gasteiger charge is 2.22. The molecule has 2 aromatic rings. The Kier molecular flexibility index (Phi) is 3.70. The van der Waals surface area contributed by atoms with E-state index in [1.54, 1.807) is 37.6 Å². The molecule has 2 heterocycles. The third-order valence-corrected chi connectivity index (χ3v) is 3.44. The van der Waals surface area contributed by atoms with Gasteiger partial charge in [0.15, 0.2) is 0 Å². The molecular weight excluding hydrogens is 246 g/mol. The zero-order chi connectivity index (χ0) is 13.0. The fourth-order valence-corrected chi connectivity index (χ4v) is 2.33. The minimum Gasteiger partial charge on any atom is -0.321 e. The van der Waals surface area contributed by atoms with Gasteiger partial charge in [-0.25, -0.2) is 0 Å². The summed E-state index contributed by atoms with van der Waals surface area (Å²) < 4.78 is 0. The Balaban J connectivity index is 2.24. The zero-order valence-corrected chi connectivity index (χ0v) is 10.6. The molecule has 4 nitrogen and oxygen atoms in total. The number of rotatable bonds is 3. The first-order valence-electron chi connectivity index (χ1n) is 5.34. The van der Waals surface area contributed by atoms with Crippen LogP contribution in [0.2, 0.25) is 0 Å². The topological polar surface area (TPSA) is 57.0 Å². The Morgan fingerprint density at radius 1 is 1.44 bits per heavy atom. The summed E-state index contributed by atoms with van der Waals surface area (Å²) in [7, 11) is 1.64. The fraction of sp³-hybridized carbons (Fsp3) is 0.154. The van der Waals surface area contributed by atoms with E-state index in [-0.39, 0.29) is 5.91 Å². The molecule has 5 heteroatoms. The largest absolute Gasteiger partial charge is 0.321 e. The highest BCUT2D eigenvalue weighted by Crippen LogP contribution is 2.21.